The molecule has 1 aliphatic carbocycles. The number of alkyl halides is 1. The molecule has 0 amide bonds. The third-order valence-electron chi connectivity index (χ3n) is 5.19. The van der Waals surface area contributed by atoms with Crippen molar-refractivity contribution in [2.75, 3.05) is 0 Å². The summed E-state index contributed by atoms with van der Waals surface area (Å²) in [6.45, 7) is 12.5. The van der Waals surface area contributed by atoms with Crippen molar-refractivity contribution in [2.45, 2.75) is 57.5 Å². The zero-order valence-corrected chi connectivity index (χ0v) is 14.1. The Bertz CT molecular complexity index is 483. The predicted octanol–water partition coefficient (Wildman–Crippen LogP) is 4.38. The van der Waals surface area contributed by atoms with E-state index in [1.54, 1.807) is 0 Å². The number of halogens is 2. The van der Waals surface area contributed by atoms with Gasteiger partial charge in [0, 0.05) is 5.41 Å². The number of hydrogen-bond donors (Lipinski definition) is 0. The molecule has 0 bridgehead atoms. The molecule has 3 rings (SSSR count). The van der Waals surface area contributed by atoms with Gasteiger partial charge in [-0.2, -0.15) is 0 Å². The van der Waals surface area contributed by atoms with Crippen LogP contribution in [0.25, 0.3) is 0 Å². The van der Waals surface area contributed by atoms with Crippen LogP contribution in [0.3, 0.4) is 0 Å². The van der Waals surface area contributed by atoms with Crippen molar-refractivity contribution in [2.24, 2.45) is 10.8 Å². The molecule has 3 aliphatic rings. The minimum atomic E-state index is -0.488. The average molecular weight is 348 g/mol. The predicted molar refractivity (Wildman–Crippen MR) is 80.4 cm³/mol. The minimum Gasteiger partial charge on any atom is -0.346 e. The number of hydrogen-bond acceptors (Lipinski definition) is 2. The molecule has 2 fully saturated rings. The largest absolute Gasteiger partial charge is 0.346 e. The van der Waals surface area contributed by atoms with Crippen molar-refractivity contribution in [3.63, 3.8) is 0 Å². The van der Waals surface area contributed by atoms with Crippen molar-refractivity contribution in [3.8, 4) is 0 Å². The molecule has 0 N–H and O–H groups in total. The highest BCUT2D eigenvalue weighted by atomic mass is 79.9. The zero-order valence-electron chi connectivity index (χ0n) is 11.8. The molecule has 1 spiro atoms. The van der Waals surface area contributed by atoms with Crippen molar-refractivity contribution in [3.05, 3.63) is 22.7 Å². The first-order chi connectivity index (χ1) is 8.63. The number of allylic oxidation sites excluding steroid dienone is 1. The van der Waals surface area contributed by atoms with E-state index in [1.807, 2.05) is 13.8 Å². The van der Waals surface area contributed by atoms with Crippen LogP contribution < -0.4 is 0 Å². The molecule has 2 aliphatic heterocycles. The van der Waals surface area contributed by atoms with E-state index >= 15 is 0 Å². The summed E-state index contributed by atoms with van der Waals surface area (Å²) in [6.07, 6.45) is 2.89. The summed E-state index contributed by atoms with van der Waals surface area (Å²) in [5.74, 6) is 0. The fourth-order valence-electron chi connectivity index (χ4n) is 3.81. The Hall–Kier alpha value is 0.170. The van der Waals surface area contributed by atoms with Gasteiger partial charge in [0.05, 0.1) is 22.5 Å². The van der Waals surface area contributed by atoms with Gasteiger partial charge in [0.2, 0.25) is 0 Å². The first kappa shape index (κ1) is 14.1. The van der Waals surface area contributed by atoms with Crippen LogP contribution in [0.15, 0.2) is 22.7 Å². The molecular weight excluding hydrogens is 328 g/mol. The summed E-state index contributed by atoms with van der Waals surface area (Å²) in [7, 11) is 0. The van der Waals surface area contributed by atoms with Gasteiger partial charge < -0.3 is 9.47 Å². The van der Waals surface area contributed by atoms with Crippen molar-refractivity contribution < 1.29 is 9.47 Å². The van der Waals surface area contributed by atoms with E-state index in [9.17, 15) is 0 Å². The van der Waals surface area contributed by atoms with Crippen molar-refractivity contribution in [1.82, 2.24) is 0 Å². The molecule has 2 heterocycles. The van der Waals surface area contributed by atoms with Crippen LogP contribution in [0.2, 0.25) is 0 Å². The van der Waals surface area contributed by atoms with E-state index in [0.29, 0.717) is 0 Å². The van der Waals surface area contributed by atoms with Gasteiger partial charge >= 0.3 is 0 Å². The van der Waals surface area contributed by atoms with E-state index in [4.69, 9.17) is 21.1 Å². The van der Waals surface area contributed by atoms with Gasteiger partial charge in [-0.1, -0.05) is 48.0 Å². The zero-order chi connectivity index (χ0) is 14.2. The normalized spacial score (nSPS) is 50.8. The fourth-order valence-corrected chi connectivity index (χ4v) is 5.14. The lowest BCUT2D eigenvalue weighted by atomic mass is 9.52. The van der Waals surface area contributed by atoms with E-state index in [1.165, 1.54) is 0 Å². The van der Waals surface area contributed by atoms with Gasteiger partial charge in [-0.25, -0.2) is 0 Å². The van der Waals surface area contributed by atoms with E-state index in [2.05, 4.69) is 42.4 Å². The maximum atomic E-state index is 6.67. The second-order valence-corrected chi connectivity index (χ2v) is 8.50. The lowest BCUT2D eigenvalue weighted by Gasteiger charge is -2.64. The second-order valence-electron chi connectivity index (χ2n) is 6.83. The van der Waals surface area contributed by atoms with Gasteiger partial charge in [0.15, 0.2) is 6.29 Å². The number of ether oxygens (including phenoxy) is 2. The summed E-state index contributed by atoms with van der Waals surface area (Å²) < 4.78 is 13.2. The first-order valence-corrected chi connectivity index (χ1v) is 7.84. The Morgan fingerprint density at radius 2 is 2.05 bits per heavy atom. The average Bonchev–Trinajstić information content (AvgIpc) is 2.50. The quantitative estimate of drug-likeness (QED) is 0.518. The van der Waals surface area contributed by atoms with Crippen LogP contribution in [-0.4, -0.2) is 23.4 Å². The highest BCUT2D eigenvalue weighted by molar-refractivity contribution is 9.11. The third-order valence-corrected chi connectivity index (χ3v) is 6.72. The summed E-state index contributed by atoms with van der Waals surface area (Å²) in [6, 6.07) is 0. The topological polar surface area (TPSA) is 18.5 Å². The molecule has 0 aromatic rings. The lowest BCUT2D eigenvalue weighted by molar-refractivity contribution is -0.349. The molecule has 5 atom stereocenters. The molecule has 0 radical (unpaired) electrons. The molecule has 19 heavy (non-hydrogen) atoms. The van der Waals surface area contributed by atoms with Gasteiger partial charge in [0.25, 0.3) is 0 Å². The Kier molecular flexibility index (Phi) is 2.88. The molecule has 106 valence electrons. The Labute approximate surface area is 128 Å². The first-order valence-electron chi connectivity index (χ1n) is 6.67. The smallest absolute Gasteiger partial charge is 0.167 e. The van der Waals surface area contributed by atoms with Crippen LogP contribution in [0.1, 0.15) is 34.1 Å². The second kappa shape index (κ2) is 3.88. The molecule has 0 aromatic heterocycles. The highest BCUT2D eigenvalue weighted by Crippen LogP contribution is 2.70. The summed E-state index contributed by atoms with van der Waals surface area (Å²) >= 11 is 10.4. The van der Waals surface area contributed by atoms with Crippen LogP contribution in [0, 0.1) is 10.8 Å². The molecule has 2 saturated heterocycles. The monoisotopic (exact) mass is 346 g/mol. The SMILES string of the molecule is C=C(C)C1CC23C(O1)OC2C(C)(Cl)C=C(Br)C3(C)C. The molecule has 2 nitrogen and oxygen atoms in total. The van der Waals surface area contributed by atoms with Gasteiger partial charge in [0.1, 0.15) is 0 Å². The van der Waals surface area contributed by atoms with Gasteiger partial charge in [-0.15, -0.1) is 11.6 Å². The Morgan fingerprint density at radius 3 is 2.63 bits per heavy atom. The summed E-state index contributed by atoms with van der Waals surface area (Å²) in [4.78, 5) is -0.488. The lowest BCUT2D eigenvalue weighted by Crippen LogP contribution is -2.71. The van der Waals surface area contributed by atoms with Crippen molar-refractivity contribution in [1.29, 1.82) is 0 Å². The Morgan fingerprint density at radius 1 is 1.42 bits per heavy atom. The van der Waals surface area contributed by atoms with Crippen LogP contribution in [0.4, 0.5) is 0 Å². The highest BCUT2D eigenvalue weighted by Gasteiger charge is 2.75. The summed E-state index contributed by atoms with van der Waals surface area (Å²) in [5, 5.41) is 0. The maximum absolute atomic E-state index is 6.67. The maximum Gasteiger partial charge on any atom is 0.167 e. The van der Waals surface area contributed by atoms with Crippen LogP contribution in [-0.2, 0) is 9.47 Å². The Balaban J connectivity index is 2.08. The van der Waals surface area contributed by atoms with E-state index in [0.717, 1.165) is 16.5 Å². The van der Waals surface area contributed by atoms with E-state index < -0.39 is 4.87 Å². The molecule has 0 aromatic carbocycles. The molecule has 4 heteroatoms. The van der Waals surface area contributed by atoms with E-state index in [-0.39, 0.29) is 29.3 Å². The molecule has 5 unspecified atom stereocenters. The third kappa shape index (κ3) is 1.56. The van der Waals surface area contributed by atoms with Crippen LogP contribution in [0.5, 0.6) is 0 Å². The standard InChI is InChI=1S/C15H20BrClO2/c1-8(2)9-6-15-11(19-12(15)18-9)14(5,17)7-10(16)13(15,3)4/h7,9,11-12H,1,6H2,2-5H3. The number of rotatable bonds is 1. The van der Waals surface area contributed by atoms with Gasteiger partial charge in [-0.05, 0) is 24.8 Å². The van der Waals surface area contributed by atoms with Crippen LogP contribution >= 0.6 is 27.5 Å². The molecule has 0 saturated carbocycles. The van der Waals surface area contributed by atoms with Gasteiger partial charge in [-0.3, -0.25) is 0 Å². The molecular formula is C15H20BrClO2. The fraction of sp³-hybridized carbons (Fsp3) is 0.733. The summed E-state index contributed by atoms with van der Waals surface area (Å²) in [5.41, 5.74) is 0.948. The minimum absolute atomic E-state index is 0.00711. The van der Waals surface area contributed by atoms with Crippen molar-refractivity contribution >= 4 is 27.5 Å².